The van der Waals surface area contributed by atoms with Gasteiger partial charge in [-0.05, 0) is 19.4 Å². The monoisotopic (exact) mass is 301 g/mol. The number of hydrogen-bond donors (Lipinski definition) is 1. The summed E-state index contributed by atoms with van der Waals surface area (Å²) >= 11 is 12.0. The zero-order valence-corrected chi connectivity index (χ0v) is 12.7. The maximum absolute atomic E-state index is 12.1. The zero-order chi connectivity index (χ0) is 14.3. The standard InChI is InChI=1S/C13H17Cl2N3O/c1-12(8-13(12,14)15)11(19)17-7-9-5-4-6-16-10(9)18(2)3/h4-6H,7-8H2,1-3H3,(H,17,19)/t12-/m1/s1. The zero-order valence-electron chi connectivity index (χ0n) is 11.2. The molecule has 1 atom stereocenters. The molecule has 104 valence electrons. The molecule has 1 saturated carbocycles. The highest BCUT2D eigenvalue weighted by Crippen LogP contribution is 2.63. The van der Waals surface area contributed by atoms with Crippen molar-refractivity contribution in [3.63, 3.8) is 0 Å². The molecule has 0 radical (unpaired) electrons. The van der Waals surface area contributed by atoms with Gasteiger partial charge in [0.1, 0.15) is 10.2 Å². The molecular weight excluding hydrogens is 285 g/mol. The Morgan fingerprint density at radius 1 is 1.53 bits per heavy atom. The Bertz CT molecular complexity index is 504. The van der Waals surface area contributed by atoms with Crippen LogP contribution in [0.15, 0.2) is 18.3 Å². The maximum atomic E-state index is 12.1. The molecule has 1 aromatic rings. The molecule has 19 heavy (non-hydrogen) atoms. The van der Waals surface area contributed by atoms with Crippen LogP contribution in [-0.4, -0.2) is 29.3 Å². The molecular formula is C13H17Cl2N3O. The van der Waals surface area contributed by atoms with Crippen LogP contribution in [0.4, 0.5) is 5.82 Å². The highest BCUT2D eigenvalue weighted by Gasteiger charge is 2.67. The molecule has 0 unspecified atom stereocenters. The Morgan fingerprint density at radius 2 is 2.16 bits per heavy atom. The van der Waals surface area contributed by atoms with Crippen LogP contribution in [0.2, 0.25) is 0 Å². The maximum Gasteiger partial charge on any atom is 0.229 e. The van der Waals surface area contributed by atoms with Crippen LogP contribution in [0.3, 0.4) is 0 Å². The summed E-state index contributed by atoms with van der Waals surface area (Å²) in [6.07, 6.45) is 2.22. The van der Waals surface area contributed by atoms with E-state index in [0.717, 1.165) is 11.4 Å². The van der Waals surface area contributed by atoms with Crippen LogP contribution < -0.4 is 10.2 Å². The molecule has 1 N–H and O–H groups in total. The first-order valence-corrected chi connectivity index (χ1v) is 6.81. The van der Waals surface area contributed by atoms with E-state index in [1.54, 1.807) is 13.1 Å². The lowest BCUT2D eigenvalue weighted by atomic mass is 10.1. The van der Waals surface area contributed by atoms with Gasteiger partial charge in [0.25, 0.3) is 0 Å². The Morgan fingerprint density at radius 3 is 2.68 bits per heavy atom. The second-order valence-electron chi connectivity index (χ2n) is 5.28. The number of hydrogen-bond acceptors (Lipinski definition) is 3. The molecule has 1 aliphatic rings. The molecule has 1 heterocycles. The number of carbonyl (C=O) groups is 1. The summed E-state index contributed by atoms with van der Waals surface area (Å²) in [7, 11) is 3.83. The van der Waals surface area contributed by atoms with Crippen LogP contribution in [0.25, 0.3) is 0 Å². The minimum atomic E-state index is -0.934. The fourth-order valence-corrected chi connectivity index (χ4v) is 2.69. The first-order chi connectivity index (χ1) is 8.78. The van der Waals surface area contributed by atoms with Gasteiger partial charge in [-0.3, -0.25) is 4.79 Å². The summed E-state index contributed by atoms with van der Waals surface area (Å²) in [6, 6.07) is 3.78. The summed E-state index contributed by atoms with van der Waals surface area (Å²) in [5, 5.41) is 2.88. The third kappa shape index (κ3) is 2.65. The fourth-order valence-electron chi connectivity index (χ4n) is 1.99. The predicted octanol–water partition coefficient (Wildman–Crippen LogP) is 2.35. The van der Waals surface area contributed by atoms with Crippen molar-refractivity contribution in [1.29, 1.82) is 0 Å². The van der Waals surface area contributed by atoms with Crippen molar-refractivity contribution in [2.45, 2.75) is 24.2 Å². The molecule has 6 heteroatoms. The SMILES string of the molecule is CN(C)c1ncccc1CNC(=O)[C@@]1(C)CC1(Cl)Cl. The number of nitrogens with zero attached hydrogens (tertiary/aromatic N) is 2. The van der Waals surface area contributed by atoms with E-state index < -0.39 is 9.75 Å². The van der Waals surface area contributed by atoms with Crippen molar-refractivity contribution in [2.24, 2.45) is 5.41 Å². The van der Waals surface area contributed by atoms with Gasteiger partial charge in [0, 0.05) is 32.4 Å². The minimum Gasteiger partial charge on any atom is -0.362 e. The van der Waals surface area contributed by atoms with Crippen molar-refractivity contribution < 1.29 is 4.79 Å². The van der Waals surface area contributed by atoms with Gasteiger partial charge in [0.2, 0.25) is 5.91 Å². The normalized spacial score (nSPS) is 23.8. The number of pyridine rings is 1. The average molecular weight is 302 g/mol. The number of rotatable bonds is 4. The molecule has 1 amide bonds. The van der Waals surface area contributed by atoms with Gasteiger partial charge in [-0.1, -0.05) is 6.07 Å². The van der Waals surface area contributed by atoms with Crippen LogP contribution >= 0.6 is 23.2 Å². The molecule has 0 aliphatic heterocycles. The van der Waals surface area contributed by atoms with Gasteiger partial charge < -0.3 is 10.2 Å². The third-order valence-corrected chi connectivity index (χ3v) is 4.59. The molecule has 0 saturated heterocycles. The second-order valence-corrected chi connectivity index (χ2v) is 6.76. The van der Waals surface area contributed by atoms with E-state index in [4.69, 9.17) is 23.2 Å². The Labute approximate surface area is 123 Å². The Balaban J connectivity index is 2.02. The lowest BCUT2D eigenvalue weighted by Gasteiger charge is -2.17. The molecule has 1 fully saturated rings. The highest BCUT2D eigenvalue weighted by molar-refractivity contribution is 6.53. The Kier molecular flexibility index (Phi) is 3.67. The van der Waals surface area contributed by atoms with Gasteiger partial charge in [-0.25, -0.2) is 4.98 Å². The summed E-state index contributed by atoms with van der Waals surface area (Å²) in [4.78, 5) is 18.3. The van der Waals surface area contributed by atoms with E-state index in [9.17, 15) is 4.79 Å². The molecule has 0 aromatic carbocycles. The number of aromatic nitrogens is 1. The van der Waals surface area contributed by atoms with Crippen LogP contribution in [0.5, 0.6) is 0 Å². The molecule has 1 aromatic heterocycles. The van der Waals surface area contributed by atoms with E-state index >= 15 is 0 Å². The quantitative estimate of drug-likeness (QED) is 0.868. The van der Waals surface area contributed by atoms with Gasteiger partial charge in [-0.15, -0.1) is 23.2 Å². The smallest absolute Gasteiger partial charge is 0.229 e. The number of alkyl halides is 2. The number of halogens is 2. The van der Waals surface area contributed by atoms with E-state index in [0.29, 0.717) is 13.0 Å². The molecule has 4 nitrogen and oxygen atoms in total. The molecule has 0 bridgehead atoms. The average Bonchev–Trinajstić information content (AvgIpc) is 2.87. The van der Waals surface area contributed by atoms with E-state index in [1.807, 2.05) is 31.1 Å². The first kappa shape index (κ1) is 14.4. The third-order valence-electron chi connectivity index (χ3n) is 3.49. The van der Waals surface area contributed by atoms with Crippen molar-refractivity contribution in [3.05, 3.63) is 23.9 Å². The molecule has 1 aliphatic carbocycles. The van der Waals surface area contributed by atoms with Gasteiger partial charge in [0.05, 0.1) is 5.41 Å². The van der Waals surface area contributed by atoms with Gasteiger partial charge in [-0.2, -0.15) is 0 Å². The van der Waals surface area contributed by atoms with Crippen molar-refractivity contribution in [3.8, 4) is 0 Å². The lowest BCUT2D eigenvalue weighted by molar-refractivity contribution is -0.125. The lowest BCUT2D eigenvalue weighted by Crippen LogP contribution is -2.33. The van der Waals surface area contributed by atoms with Crippen molar-refractivity contribution in [1.82, 2.24) is 10.3 Å². The molecule has 0 spiro atoms. The van der Waals surface area contributed by atoms with Crippen LogP contribution in [-0.2, 0) is 11.3 Å². The summed E-state index contributed by atoms with van der Waals surface area (Å²) in [5.74, 6) is 0.720. The largest absolute Gasteiger partial charge is 0.362 e. The number of amides is 1. The topological polar surface area (TPSA) is 45.2 Å². The van der Waals surface area contributed by atoms with Crippen molar-refractivity contribution >= 4 is 34.9 Å². The minimum absolute atomic E-state index is 0.119. The summed E-state index contributed by atoms with van der Waals surface area (Å²) in [5.41, 5.74) is 0.274. The van der Waals surface area contributed by atoms with E-state index in [1.165, 1.54) is 0 Å². The second kappa shape index (κ2) is 4.84. The fraction of sp³-hybridized carbons (Fsp3) is 0.538. The van der Waals surface area contributed by atoms with E-state index in [2.05, 4.69) is 10.3 Å². The summed E-state index contributed by atoms with van der Waals surface area (Å²) in [6.45, 7) is 2.19. The van der Waals surface area contributed by atoms with E-state index in [-0.39, 0.29) is 5.91 Å². The van der Waals surface area contributed by atoms with Gasteiger partial charge >= 0.3 is 0 Å². The molecule has 2 rings (SSSR count). The highest BCUT2D eigenvalue weighted by atomic mass is 35.5. The van der Waals surface area contributed by atoms with Crippen LogP contribution in [0, 0.1) is 5.41 Å². The number of anilines is 1. The Hall–Kier alpha value is -1.000. The van der Waals surface area contributed by atoms with Crippen molar-refractivity contribution in [2.75, 3.05) is 19.0 Å². The number of carbonyl (C=O) groups excluding carboxylic acids is 1. The number of nitrogens with one attached hydrogen (secondary N) is 1. The predicted molar refractivity (Wildman–Crippen MR) is 77.6 cm³/mol. The van der Waals surface area contributed by atoms with Gasteiger partial charge in [0.15, 0.2) is 0 Å². The summed E-state index contributed by atoms with van der Waals surface area (Å²) < 4.78 is -0.934. The first-order valence-electron chi connectivity index (χ1n) is 6.05. The van der Waals surface area contributed by atoms with Crippen LogP contribution in [0.1, 0.15) is 18.9 Å².